The number of hydrogen-bond donors (Lipinski definition) is 2. The number of hydrogen-bond acceptors (Lipinski definition) is 3. The molecule has 0 spiro atoms. The minimum atomic E-state index is -0.635. The topological polar surface area (TPSA) is 67.4 Å². The molecule has 0 fully saturated rings. The summed E-state index contributed by atoms with van der Waals surface area (Å²) >= 11 is 0. The Hall–Kier alpha value is -2.48. The Balaban J connectivity index is 2.31. The van der Waals surface area contributed by atoms with Crippen LogP contribution in [0.25, 0.3) is 0 Å². The van der Waals surface area contributed by atoms with E-state index in [1.165, 1.54) is 0 Å². The predicted octanol–water partition coefficient (Wildman–Crippen LogP) is 1.64. The fourth-order valence-electron chi connectivity index (χ4n) is 1.21. The molecule has 1 aromatic carbocycles. The van der Waals surface area contributed by atoms with Gasteiger partial charge in [0.05, 0.1) is 0 Å². The lowest BCUT2D eigenvalue weighted by Crippen LogP contribution is -2.38. The number of rotatable bonds is 2. The molecule has 0 radical (unpaired) electrons. The van der Waals surface area contributed by atoms with Gasteiger partial charge in [-0.3, -0.25) is 10.1 Å². The van der Waals surface area contributed by atoms with Gasteiger partial charge < -0.3 is 10.1 Å². The van der Waals surface area contributed by atoms with Gasteiger partial charge in [-0.25, -0.2) is 4.79 Å². The normalized spacial score (nSPS) is 9.95. The van der Waals surface area contributed by atoms with Crippen molar-refractivity contribution < 1.29 is 14.3 Å². The maximum atomic E-state index is 11.4. The molecule has 2 amide bonds. The number of nitrogens with one attached hydrogen (secondary N) is 2. The second-order valence-corrected chi connectivity index (χ2v) is 5.02. The molecule has 0 aliphatic carbocycles. The van der Waals surface area contributed by atoms with Gasteiger partial charge in [-0.1, -0.05) is 18.2 Å². The van der Waals surface area contributed by atoms with Crippen LogP contribution < -0.4 is 10.6 Å². The molecule has 0 aliphatic rings. The van der Waals surface area contributed by atoms with E-state index in [2.05, 4.69) is 22.6 Å². The van der Waals surface area contributed by atoms with E-state index >= 15 is 0 Å². The Morgan fingerprint density at radius 3 is 2.45 bits per heavy atom. The van der Waals surface area contributed by atoms with Gasteiger partial charge in [0.1, 0.15) is 12.1 Å². The van der Waals surface area contributed by atoms with Crippen LogP contribution in [-0.4, -0.2) is 24.1 Å². The number of carbonyl (C=O) groups is 2. The quantitative estimate of drug-likeness (QED) is 0.636. The van der Waals surface area contributed by atoms with Crippen molar-refractivity contribution in [3.63, 3.8) is 0 Å². The summed E-state index contributed by atoms with van der Waals surface area (Å²) in [5.74, 6) is 2.37. The maximum absolute atomic E-state index is 11.4. The maximum Gasteiger partial charge on any atom is 0.408 e. The van der Waals surface area contributed by atoms with Gasteiger partial charge in [-0.15, -0.1) is 0 Å². The van der Waals surface area contributed by atoms with Crippen molar-refractivity contribution in [2.75, 3.05) is 6.54 Å². The summed E-state index contributed by atoms with van der Waals surface area (Å²) in [7, 11) is 0. The molecule has 5 nitrogen and oxygen atoms in total. The predicted molar refractivity (Wildman–Crippen MR) is 75.7 cm³/mol. The van der Waals surface area contributed by atoms with Gasteiger partial charge in [-0.2, -0.15) is 0 Å². The van der Waals surface area contributed by atoms with Crippen molar-refractivity contribution in [2.45, 2.75) is 26.4 Å². The van der Waals surface area contributed by atoms with Crippen LogP contribution in [0, 0.1) is 12.0 Å². The Kier molecular flexibility index (Phi) is 5.60. The molecular weight excluding hydrogens is 256 g/mol. The second-order valence-electron chi connectivity index (χ2n) is 5.02. The summed E-state index contributed by atoms with van der Waals surface area (Å²) in [5, 5.41) is 4.73. The Bertz CT molecular complexity index is 522. The van der Waals surface area contributed by atoms with Gasteiger partial charge in [-0.05, 0) is 38.8 Å². The number of benzene rings is 1. The van der Waals surface area contributed by atoms with Crippen molar-refractivity contribution in [3.05, 3.63) is 35.9 Å². The minimum absolute atomic E-state index is 0.182. The molecule has 2 N–H and O–H groups in total. The molecule has 1 aromatic rings. The van der Waals surface area contributed by atoms with Crippen LogP contribution in [0.2, 0.25) is 0 Å². The molecule has 0 saturated carbocycles. The van der Waals surface area contributed by atoms with Gasteiger partial charge in [0.25, 0.3) is 5.91 Å². The second kappa shape index (κ2) is 7.19. The van der Waals surface area contributed by atoms with Crippen LogP contribution in [0.5, 0.6) is 0 Å². The van der Waals surface area contributed by atoms with Crippen LogP contribution >= 0.6 is 0 Å². The fourth-order valence-corrected chi connectivity index (χ4v) is 1.21. The molecule has 0 atom stereocenters. The molecule has 20 heavy (non-hydrogen) atoms. The first-order valence-corrected chi connectivity index (χ1v) is 6.18. The fraction of sp³-hybridized carbons (Fsp3) is 0.333. The third-order valence-electron chi connectivity index (χ3n) is 1.97. The minimum Gasteiger partial charge on any atom is -0.444 e. The van der Waals surface area contributed by atoms with Crippen molar-refractivity contribution >= 4 is 12.0 Å². The number of amides is 2. The lowest BCUT2D eigenvalue weighted by Gasteiger charge is -2.19. The van der Waals surface area contributed by atoms with Crippen LogP contribution in [0.1, 0.15) is 26.3 Å². The van der Waals surface area contributed by atoms with Gasteiger partial charge >= 0.3 is 6.09 Å². The monoisotopic (exact) mass is 274 g/mol. The summed E-state index contributed by atoms with van der Waals surface area (Å²) < 4.78 is 5.00. The third-order valence-corrected chi connectivity index (χ3v) is 1.97. The van der Waals surface area contributed by atoms with Crippen molar-refractivity contribution in [3.8, 4) is 12.0 Å². The average molecular weight is 274 g/mol. The van der Waals surface area contributed by atoms with Crippen LogP contribution in [0.3, 0.4) is 0 Å². The van der Waals surface area contributed by atoms with E-state index in [0.29, 0.717) is 0 Å². The first-order chi connectivity index (χ1) is 9.37. The number of ether oxygens (including phenoxy) is 1. The van der Waals surface area contributed by atoms with Crippen molar-refractivity contribution in [1.82, 2.24) is 10.6 Å². The molecule has 0 saturated heterocycles. The first kappa shape index (κ1) is 15.6. The lowest BCUT2D eigenvalue weighted by molar-refractivity contribution is -0.119. The molecule has 0 unspecified atom stereocenters. The summed E-state index contributed by atoms with van der Waals surface area (Å²) in [6.07, 6.45) is -0.635. The molecule has 5 heteroatoms. The van der Waals surface area contributed by atoms with Crippen molar-refractivity contribution in [2.24, 2.45) is 0 Å². The lowest BCUT2D eigenvalue weighted by atomic mass is 10.2. The van der Waals surface area contributed by atoms with Gasteiger partial charge in [0.15, 0.2) is 0 Å². The molecule has 0 aliphatic heterocycles. The Morgan fingerprint density at radius 1 is 1.20 bits per heavy atom. The highest BCUT2D eigenvalue weighted by atomic mass is 16.6. The van der Waals surface area contributed by atoms with E-state index in [-0.39, 0.29) is 6.54 Å². The number of alkyl carbamates (subject to hydrolysis) is 1. The van der Waals surface area contributed by atoms with Crippen LogP contribution in [-0.2, 0) is 9.53 Å². The van der Waals surface area contributed by atoms with Crippen LogP contribution in [0.15, 0.2) is 30.3 Å². The molecule has 106 valence electrons. The highest BCUT2D eigenvalue weighted by Crippen LogP contribution is 2.05. The van der Waals surface area contributed by atoms with Gasteiger partial charge in [0.2, 0.25) is 0 Å². The van der Waals surface area contributed by atoms with Gasteiger partial charge in [0, 0.05) is 11.6 Å². The SMILES string of the molecule is CC(C)(C)OC(=O)NCC(=O)NC#Cc1ccccc1. The summed E-state index contributed by atoms with van der Waals surface area (Å²) in [6, 6.07) is 11.8. The molecule has 0 heterocycles. The van der Waals surface area contributed by atoms with E-state index < -0.39 is 17.6 Å². The van der Waals surface area contributed by atoms with Crippen LogP contribution in [0.4, 0.5) is 4.79 Å². The summed E-state index contributed by atoms with van der Waals surface area (Å²) in [4.78, 5) is 22.7. The molecule has 1 rings (SSSR count). The highest BCUT2D eigenvalue weighted by Gasteiger charge is 2.16. The zero-order chi connectivity index (χ0) is 15.0. The molecular formula is C15H18N2O3. The standard InChI is InChI=1S/C15H18N2O3/c1-15(2,3)20-14(19)17-11-13(18)16-10-9-12-7-5-4-6-8-12/h4-8H,11H2,1-3H3,(H,16,18)(H,17,19). The van der Waals surface area contributed by atoms with E-state index in [1.807, 2.05) is 30.3 Å². The molecule has 0 aromatic heterocycles. The largest absolute Gasteiger partial charge is 0.444 e. The summed E-state index contributed by atoms with van der Waals surface area (Å²) in [6.45, 7) is 5.06. The van der Waals surface area contributed by atoms with Crippen molar-refractivity contribution in [1.29, 1.82) is 0 Å². The number of carbonyl (C=O) groups excluding carboxylic acids is 2. The Labute approximate surface area is 118 Å². The molecule has 0 bridgehead atoms. The summed E-state index contributed by atoms with van der Waals surface area (Å²) in [5.41, 5.74) is 0.209. The average Bonchev–Trinajstić information content (AvgIpc) is 2.36. The third kappa shape index (κ3) is 7.07. The first-order valence-electron chi connectivity index (χ1n) is 6.18. The van der Waals surface area contributed by atoms with E-state index in [4.69, 9.17) is 4.74 Å². The van der Waals surface area contributed by atoms with E-state index in [9.17, 15) is 9.59 Å². The zero-order valence-electron chi connectivity index (χ0n) is 11.8. The van der Waals surface area contributed by atoms with E-state index in [1.54, 1.807) is 20.8 Å². The smallest absolute Gasteiger partial charge is 0.408 e. The highest BCUT2D eigenvalue weighted by molar-refractivity contribution is 5.83. The van der Waals surface area contributed by atoms with E-state index in [0.717, 1.165) is 5.56 Å². The Morgan fingerprint density at radius 2 is 1.85 bits per heavy atom. The zero-order valence-corrected chi connectivity index (χ0v) is 11.8.